The molecular weight excluding hydrogens is 238 g/mol. The number of aliphatic hydroxyl groups is 1. The van der Waals surface area contributed by atoms with E-state index in [1.165, 1.54) is 4.68 Å². The Kier molecular flexibility index (Phi) is 4.85. The summed E-state index contributed by atoms with van der Waals surface area (Å²) in [6, 6.07) is 0.500. The average molecular weight is 255 g/mol. The summed E-state index contributed by atoms with van der Waals surface area (Å²) in [4.78, 5) is 22.8. The van der Waals surface area contributed by atoms with Gasteiger partial charge in [0.2, 0.25) is 0 Å². The largest absolute Gasteiger partial charge is 0.480 e. The summed E-state index contributed by atoms with van der Waals surface area (Å²) < 4.78 is 1.50. The molecule has 0 saturated heterocycles. The van der Waals surface area contributed by atoms with Crippen LogP contribution in [0.4, 0.5) is 0 Å². The number of aliphatic carboxylic acids is 1. The molecule has 7 nitrogen and oxygen atoms in total. The Labute approximate surface area is 104 Å². The smallest absolute Gasteiger partial charge is 0.326 e. The Bertz CT molecular complexity index is 441. The number of nitrogens with one attached hydrogen (secondary N) is 1. The zero-order valence-corrected chi connectivity index (χ0v) is 10.4. The van der Waals surface area contributed by atoms with Crippen molar-refractivity contribution in [3.05, 3.63) is 17.5 Å². The third-order valence-electron chi connectivity index (χ3n) is 2.46. The van der Waals surface area contributed by atoms with Crippen LogP contribution in [-0.2, 0) is 11.3 Å². The van der Waals surface area contributed by atoms with Crippen LogP contribution >= 0.6 is 0 Å². The van der Waals surface area contributed by atoms with Gasteiger partial charge in [-0.15, -0.1) is 0 Å². The highest BCUT2D eigenvalue weighted by Crippen LogP contribution is 2.05. The number of aryl methyl sites for hydroxylation is 2. The van der Waals surface area contributed by atoms with Crippen molar-refractivity contribution in [1.82, 2.24) is 15.1 Å². The maximum atomic E-state index is 11.9. The summed E-state index contributed by atoms with van der Waals surface area (Å²) in [7, 11) is 0. The molecule has 1 unspecified atom stereocenters. The fraction of sp³-hybridized carbons (Fsp3) is 0.545. The first-order valence-corrected chi connectivity index (χ1v) is 5.68. The Morgan fingerprint density at radius 2 is 2.22 bits per heavy atom. The lowest BCUT2D eigenvalue weighted by Crippen LogP contribution is -2.42. The van der Waals surface area contributed by atoms with Crippen molar-refractivity contribution in [2.45, 2.75) is 32.9 Å². The molecule has 0 aromatic carbocycles. The van der Waals surface area contributed by atoms with Crippen LogP contribution in [0.1, 0.15) is 29.5 Å². The summed E-state index contributed by atoms with van der Waals surface area (Å²) >= 11 is 0. The summed E-state index contributed by atoms with van der Waals surface area (Å²) in [6.07, 6.45) is -0.0275. The van der Waals surface area contributed by atoms with Crippen molar-refractivity contribution < 1.29 is 19.8 Å². The molecule has 0 bridgehead atoms. The van der Waals surface area contributed by atoms with E-state index in [9.17, 15) is 9.59 Å². The Hall–Kier alpha value is -1.89. The van der Waals surface area contributed by atoms with Crippen LogP contribution < -0.4 is 5.32 Å². The van der Waals surface area contributed by atoms with E-state index in [1.54, 1.807) is 13.0 Å². The van der Waals surface area contributed by atoms with Crippen molar-refractivity contribution in [3.63, 3.8) is 0 Å². The van der Waals surface area contributed by atoms with Gasteiger partial charge < -0.3 is 15.5 Å². The second-order valence-electron chi connectivity index (χ2n) is 3.86. The first-order valence-electron chi connectivity index (χ1n) is 5.68. The number of amides is 1. The van der Waals surface area contributed by atoms with Crippen LogP contribution in [0.3, 0.4) is 0 Å². The van der Waals surface area contributed by atoms with Gasteiger partial charge in [-0.1, -0.05) is 0 Å². The van der Waals surface area contributed by atoms with E-state index in [0.717, 1.165) is 0 Å². The van der Waals surface area contributed by atoms with Crippen LogP contribution in [-0.4, -0.2) is 44.5 Å². The number of carbonyl (C=O) groups excluding carboxylic acids is 1. The van der Waals surface area contributed by atoms with E-state index in [4.69, 9.17) is 10.2 Å². The zero-order chi connectivity index (χ0) is 13.7. The molecule has 18 heavy (non-hydrogen) atoms. The molecule has 1 aromatic rings. The molecule has 1 heterocycles. The molecule has 0 spiro atoms. The van der Waals surface area contributed by atoms with E-state index in [0.29, 0.717) is 17.9 Å². The highest BCUT2D eigenvalue weighted by atomic mass is 16.4. The second-order valence-corrected chi connectivity index (χ2v) is 3.86. The minimum Gasteiger partial charge on any atom is -0.480 e. The summed E-state index contributed by atoms with van der Waals surface area (Å²) in [6.45, 7) is 3.81. The number of carboxylic acid groups (broad SMARTS) is 1. The van der Waals surface area contributed by atoms with Gasteiger partial charge in [0.1, 0.15) is 11.7 Å². The molecule has 3 N–H and O–H groups in total. The number of carbonyl (C=O) groups is 2. The number of aromatic nitrogens is 2. The predicted octanol–water partition coefficient (Wildman–Crippen LogP) is -0.223. The minimum absolute atomic E-state index is 0.0275. The van der Waals surface area contributed by atoms with Crippen molar-refractivity contribution in [2.75, 3.05) is 6.61 Å². The highest BCUT2D eigenvalue weighted by Gasteiger charge is 2.22. The van der Waals surface area contributed by atoms with Crippen molar-refractivity contribution >= 4 is 11.9 Å². The highest BCUT2D eigenvalue weighted by molar-refractivity contribution is 5.95. The second kappa shape index (κ2) is 6.15. The molecule has 0 saturated carbocycles. The van der Waals surface area contributed by atoms with E-state index in [1.807, 2.05) is 6.92 Å². The third-order valence-corrected chi connectivity index (χ3v) is 2.46. The molecule has 1 atom stereocenters. The van der Waals surface area contributed by atoms with E-state index < -0.39 is 17.9 Å². The van der Waals surface area contributed by atoms with Gasteiger partial charge in [-0.25, -0.2) is 4.79 Å². The topological polar surface area (TPSA) is 104 Å². The molecule has 0 aliphatic heterocycles. The zero-order valence-electron chi connectivity index (χ0n) is 10.4. The first-order chi connectivity index (χ1) is 8.49. The molecule has 1 rings (SSSR count). The van der Waals surface area contributed by atoms with Crippen LogP contribution in [0.25, 0.3) is 0 Å². The lowest BCUT2D eigenvalue weighted by atomic mass is 10.2. The third kappa shape index (κ3) is 3.30. The summed E-state index contributed by atoms with van der Waals surface area (Å²) in [5.41, 5.74) is 1.01. The van der Waals surface area contributed by atoms with Gasteiger partial charge >= 0.3 is 5.97 Å². The number of hydrogen-bond acceptors (Lipinski definition) is 4. The molecule has 1 amide bonds. The van der Waals surface area contributed by atoms with Gasteiger partial charge in [-0.05, 0) is 19.9 Å². The van der Waals surface area contributed by atoms with Crippen LogP contribution in [0, 0.1) is 6.92 Å². The number of carboxylic acids is 1. The summed E-state index contributed by atoms with van der Waals surface area (Å²) in [5.74, 6) is -1.67. The van der Waals surface area contributed by atoms with E-state index in [2.05, 4.69) is 10.4 Å². The Morgan fingerprint density at radius 3 is 2.72 bits per heavy atom. The molecule has 1 aromatic heterocycles. The van der Waals surface area contributed by atoms with E-state index >= 15 is 0 Å². The first kappa shape index (κ1) is 14.2. The maximum absolute atomic E-state index is 11.9. The van der Waals surface area contributed by atoms with E-state index in [-0.39, 0.29) is 13.0 Å². The van der Waals surface area contributed by atoms with Gasteiger partial charge in [0.05, 0.1) is 5.69 Å². The predicted molar refractivity (Wildman–Crippen MR) is 63.2 cm³/mol. The van der Waals surface area contributed by atoms with Crippen LogP contribution in [0.15, 0.2) is 6.07 Å². The quantitative estimate of drug-likeness (QED) is 0.651. The lowest BCUT2D eigenvalue weighted by molar-refractivity contribution is -0.139. The van der Waals surface area contributed by atoms with Gasteiger partial charge in [-0.2, -0.15) is 5.10 Å². The minimum atomic E-state index is -1.17. The monoisotopic (exact) mass is 255 g/mol. The van der Waals surface area contributed by atoms with Gasteiger partial charge in [0, 0.05) is 19.6 Å². The van der Waals surface area contributed by atoms with Crippen molar-refractivity contribution in [2.24, 2.45) is 0 Å². The summed E-state index contributed by atoms with van der Waals surface area (Å²) in [5, 5.41) is 24.1. The maximum Gasteiger partial charge on any atom is 0.326 e. The molecule has 0 radical (unpaired) electrons. The fourth-order valence-corrected chi connectivity index (χ4v) is 1.59. The normalized spacial score (nSPS) is 12.2. The lowest BCUT2D eigenvalue weighted by Gasteiger charge is -2.13. The molecule has 0 aliphatic carbocycles. The van der Waals surface area contributed by atoms with Gasteiger partial charge in [0.15, 0.2) is 0 Å². The SMILES string of the molecule is CCn1nc(C)cc1C(=O)NC(CCO)C(=O)O. The van der Waals surface area contributed by atoms with Crippen LogP contribution in [0.5, 0.6) is 0 Å². The van der Waals surface area contributed by atoms with Crippen LogP contribution in [0.2, 0.25) is 0 Å². The number of nitrogens with zero attached hydrogens (tertiary/aromatic N) is 2. The van der Waals surface area contributed by atoms with Gasteiger partial charge in [0.25, 0.3) is 5.91 Å². The fourth-order valence-electron chi connectivity index (χ4n) is 1.59. The molecule has 7 heteroatoms. The molecule has 0 aliphatic rings. The van der Waals surface area contributed by atoms with Crippen molar-refractivity contribution in [1.29, 1.82) is 0 Å². The molecular formula is C11H17N3O4. The average Bonchev–Trinajstić information content (AvgIpc) is 2.69. The Balaban J connectivity index is 2.83. The van der Waals surface area contributed by atoms with Gasteiger partial charge in [-0.3, -0.25) is 9.48 Å². The number of aliphatic hydroxyl groups excluding tert-OH is 1. The molecule has 100 valence electrons. The number of hydrogen-bond donors (Lipinski definition) is 3. The Morgan fingerprint density at radius 1 is 1.56 bits per heavy atom. The van der Waals surface area contributed by atoms with Crippen molar-refractivity contribution in [3.8, 4) is 0 Å². The standard InChI is InChI=1S/C11H17N3O4/c1-3-14-9(6-7(2)13-14)10(16)12-8(4-5-15)11(17)18/h6,8,15H,3-5H2,1-2H3,(H,12,16)(H,17,18). The number of rotatable bonds is 6. The molecule has 0 fully saturated rings.